The van der Waals surface area contributed by atoms with Crippen LogP contribution in [0.2, 0.25) is 0 Å². The minimum absolute atomic E-state index is 0.312. The molecule has 15 heavy (non-hydrogen) atoms. The second-order valence-electron chi connectivity index (χ2n) is 5.02. The van der Waals surface area contributed by atoms with Gasteiger partial charge < -0.3 is 5.73 Å². The van der Waals surface area contributed by atoms with Crippen LogP contribution >= 0.6 is 11.8 Å². The number of rotatable bonds is 2. The predicted octanol–water partition coefficient (Wildman–Crippen LogP) is 3.29. The van der Waals surface area contributed by atoms with E-state index in [0.29, 0.717) is 16.7 Å². The van der Waals surface area contributed by atoms with Crippen LogP contribution in [-0.4, -0.2) is 11.3 Å². The van der Waals surface area contributed by atoms with Crippen LogP contribution in [0, 0.1) is 5.41 Å². The topological polar surface area (TPSA) is 26.0 Å². The maximum Gasteiger partial charge on any atom is 0.0251 e. The Morgan fingerprint density at radius 3 is 2.47 bits per heavy atom. The van der Waals surface area contributed by atoms with E-state index in [1.807, 2.05) is 11.8 Å². The quantitative estimate of drug-likeness (QED) is 0.829. The standard InChI is InChI=1S/C13H19NS/c1-13(2)9-8-11(12(13)14)15-10-6-4-3-5-7-10/h3-7,11-12H,8-9,14H2,1-2H3. The molecule has 1 aliphatic carbocycles. The second kappa shape index (κ2) is 4.18. The van der Waals surface area contributed by atoms with Crippen LogP contribution in [0.3, 0.4) is 0 Å². The Balaban J connectivity index is 2.03. The molecule has 1 aromatic rings. The molecule has 1 aromatic carbocycles. The van der Waals surface area contributed by atoms with Gasteiger partial charge in [-0.05, 0) is 30.4 Å². The lowest BCUT2D eigenvalue weighted by molar-refractivity contribution is 0.334. The van der Waals surface area contributed by atoms with E-state index >= 15 is 0 Å². The molecule has 1 saturated carbocycles. The highest BCUT2D eigenvalue weighted by Gasteiger charge is 2.39. The first-order valence-corrected chi connectivity index (χ1v) is 6.45. The van der Waals surface area contributed by atoms with Gasteiger partial charge in [0.05, 0.1) is 0 Å². The molecule has 0 saturated heterocycles. The molecule has 0 aromatic heterocycles. The highest BCUT2D eigenvalue weighted by atomic mass is 32.2. The van der Waals surface area contributed by atoms with Crippen LogP contribution in [0.1, 0.15) is 26.7 Å². The fourth-order valence-corrected chi connectivity index (χ4v) is 3.58. The minimum atomic E-state index is 0.312. The van der Waals surface area contributed by atoms with Crippen LogP contribution in [-0.2, 0) is 0 Å². The van der Waals surface area contributed by atoms with Crippen molar-refractivity contribution in [2.75, 3.05) is 0 Å². The summed E-state index contributed by atoms with van der Waals surface area (Å²) in [4.78, 5) is 1.34. The van der Waals surface area contributed by atoms with E-state index in [9.17, 15) is 0 Å². The first kappa shape index (κ1) is 11.0. The molecule has 2 atom stereocenters. The van der Waals surface area contributed by atoms with Crippen molar-refractivity contribution >= 4 is 11.8 Å². The Kier molecular flexibility index (Phi) is 3.08. The van der Waals surface area contributed by atoms with E-state index in [1.165, 1.54) is 17.7 Å². The Bertz CT molecular complexity index is 321. The molecular formula is C13H19NS. The molecule has 1 aliphatic rings. The highest BCUT2D eigenvalue weighted by Crippen LogP contribution is 2.43. The van der Waals surface area contributed by atoms with Gasteiger partial charge in [0.2, 0.25) is 0 Å². The molecule has 0 radical (unpaired) electrons. The smallest absolute Gasteiger partial charge is 0.0251 e. The maximum absolute atomic E-state index is 6.28. The maximum atomic E-state index is 6.28. The van der Waals surface area contributed by atoms with Gasteiger partial charge in [-0.2, -0.15) is 0 Å². The van der Waals surface area contributed by atoms with E-state index in [4.69, 9.17) is 5.73 Å². The molecule has 2 heteroatoms. The van der Waals surface area contributed by atoms with Crippen molar-refractivity contribution in [2.24, 2.45) is 11.1 Å². The van der Waals surface area contributed by atoms with Crippen molar-refractivity contribution in [1.29, 1.82) is 0 Å². The van der Waals surface area contributed by atoms with Crippen molar-refractivity contribution in [1.82, 2.24) is 0 Å². The average molecular weight is 221 g/mol. The molecule has 82 valence electrons. The van der Waals surface area contributed by atoms with Crippen LogP contribution in [0.25, 0.3) is 0 Å². The largest absolute Gasteiger partial charge is 0.326 e. The van der Waals surface area contributed by atoms with Crippen molar-refractivity contribution in [3.8, 4) is 0 Å². The summed E-state index contributed by atoms with van der Waals surface area (Å²) < 4.78 is 0. The second-order valence-corrected chi connectivity index (χ2v) is 6.34. The molecule has 0 bridgehead atoms. The Labute approximate surface area is 96.4 Å². The van der Waals surface area contributed by atoms with E-state index < -0.39 is 0 Å². The monoisotopic (exact) mass is 221 g/mol. The number of hydrogen-bond acceptors (Lipinski definition) is 2. The summed E-state index contributed by atoms with van der Waals surface area (Å²) in [6.45, 7) is 4.56. The number of thioether (sulfide) groups is 1. The first-order chi connectivity index (χ1) is 7.09. The molecule has 0 aliphatic heterocycles. The normalized spacial score (nSPS) is 29.3. The van der Waals surface area contributed by atoms with Gasteiger partial charge in [0.25, 0.3) is 0 Å². The van der Waals surface area contributed by atoms with Crippen molar-refractivity contribution < 1.29 is 0 Å². The minimum Gasteiger partial charge on any atom is -0.326 e. The zero-order chi connectivity index (χ0) is 10.9. The fourth-order valence-electron chi connectivity index (χ4n) is 2.17. The lowest BCUT2D eigenvalue weighted by Crippen LogP contribution is -2.38. The van der Waals surface area contributed by atoms with Crippen molar-refractivity contribution in [3.05, 3.63) is 30.3 Å². The van der Waals surface area contributed by atoms with Gasteiger partial charge in [-0.15, -0.1) is 11.8 Å². The lowest BCUT2D eigenvalue weighted by Gasteiger charge is -2.26. The van der Waals surface area contributed by atoms with Crippen molar-refractivity contribution in [3.63, 3.8) is 0 Å². The van der Waals surface area contributed by atoms with Gasteiger partial charge in [0.15, 0.2) is 0 Å². The summed E-state index contributed by atoms with van der Waals surface area (Å²) in [5.41, 5.74) is 6.60. The Morgan fingerprint density at radius 2 is 1.93 bits per heavy atom. The first-order valence-electron chi connectivity index (χ1n) is 5.57. The van der Waals surface area contributed by atoms with E-state index in [1.54, 1.807) is 0 Å². The molecule has 0 amide bonds. The molecule has 2 rings (SSSR count). The number of nitrogens with two attached hydrogens (primary N) is 1. The SMILES string of the molecule is CC1(C)CCC(Sc2ccccc2)C1N. The molecule has 1 nitrogen and oxygen atoms in total. The molecule has 0 heterocycles. The van der Waals surface area contributed by atoms with Gasteiger partial charge in [-0.1, -0.05) is 32.0 Å². The Hall–Kier alpha value is -0.470. The highest BCUT2D eigenvalue weighted by molar-refractivity contribution is 8.00. The van der Waals surface area contributed by atoms with Crippen LogP contribution < -0.4 is 5.73 Å². The third kappa shape index (κ3) is 2.37. The molecule has 1 fully saturated rings. The van der Waals surface area contributed by atoms with E-state index in [2.05, 4.69) is 44.2 Å². The summed E-state index contributed by atoms with van der Waals surface area (Å²) in [6.07, 6.45) is 2.49. The van der Waals surface area contributed by atoms with Gasteiger partial charge in [-0.3, -0.25) is 0 Å². The van der Waals surface area contributed by atoms with Crippen molar-refractivity contribution in [2.45, 2.75) is 42.9 Å². The number of hydrogen-bond donors (Lipinski definition) is 1. The Morgan fingerprint density at radius 1 is 1.27 bits per heavy atom. The molecule has 2 N–H and O–H groups in total. The summed E-state index contributed by atoms with van der Waals surface area (Å²) in [6, 6.07) is 10.9. The van der Waals surface area contributed by atoms with Gasteiger partial charge in [0, 0.05) is 16.2 Å². The zero-order valence-corrected chi connectivity index (χ0v) is 10.3. The van der Waals surface area contributed by atoms with Crippen LogP contribution in [0.15, 0.2) is 35.2 Å². The van der Waals surface area contributed by atoms with Gasteiger partial charge in [0.1, 0.15) is 0 Å². The van der Waals surface area contributed by atoms with Gasteiger partial charge >= 0.3 is 0 Å². The summed E-state index contributed by atoms with van der Waals surface area (Å²) in [5, 5.41) is 0.586. The predicted molar refractivity (Wildman–Crippen MR) is 67.1 cm³/mol. The van der Waals surface area contributed by atoms with E-state index in [-0.39, 0.29) is 0 Å². The third-order valence-electron chi connectivity index (χ3n) is 3.41. The average Bonchev–Trinajstić information content (AvgIpc) is 2.47. The zero-order valence-electron chi connectivity index (χ0n) is 9.44. The number of benzene rings is 1. The van der Waals surface area contributed by atoms with Gasteiger partial charge in [-0.25, -0.2) is 0 Å². The molecule has 0 spiro atoms. The van der Waals surface area contributed by atoms with Crippen LogP contribution in [0.4, 0.5) is 0 Å². The van der Waals surface area contributed by atoms with Crippen LogP contribution in [0.5, 0.6) is 0 Å². The summed E-state index contributed by atoms with van der Waals surface area (Å²) >= 11 is 1.94. The van der Waals surface area contributed by atoms with E-state index in [0.717, 1.165) is 0 Å². The third-order valence-corrected chi connectivity index (χ3v) is 4.78. The lowest BCUT2D eigenvalue weighted by atomic mass is 9.88. The summed E-state index contributed by atoms with van der Waals surface area (Å²) in [7, 11) is 0. The molecular weight excluding hydrogens is 202 g/mol. The molecule has 2 unspecified atom stereocenters. The fraction of sp³-hybridized carbons (Fsp3) is 0.538. The summed E-state index contributed by atoms with van der Waals surface area (Å²) in [5.74, 6) is 0.